The highest BCUT2D eigenvalue weighted by molar-refractivity contribution is 6.67. The van der Waals surface area contributed by atoms with Gasteiger partial charge in [-0.15, -0.1) is 0 Å². The Balaban J connectivity index is 2.49. The van der Waals surface area contributed by atoms with Crippen molar-refractivity contribution in [2.75, 3.05) is 0 Å². The second-order valence-electron chi connectivity index (χ2n) is 3.92. The summed E-state index contributed by atoms with van der Waals surface area (Å²) in [6.07, 6.45) is -4.70. The molecule has 6 heteroatoms. The predicted octanol–water partition coefficient (Wildman–Crippen LogP) is 5.32. The highest BCUT2D eigenvalue weighted by atomic mass is 35.5. The summed E-state index contributed by atoms with van der Waals surface area (Å²) in [5.41, 5.74) is 1.06. The second-order valence-corrected chi connectivity index (χ2v) is 4.28. The Labute approximate surface area is 117 Å². The van der Waals surface area contributed by atoms with Crippen molar-refractivity contribution in [3.63, 3.8) is 0 Å². The summed E-state index contributed by atoms with van der Waals surface area (Å²) in [5, 5.41) is -1.45. The third-order valence-corrected chi connectivity index (χ3v) is 2.81. The molecule has 0 aliphatic heterocycles. The van der Waals surface area contributed by atoms with Crippen LogP contribution < -0.4 is 0 Å². The molecule has 1 nitrogen and oxygen atoms in total. The first kappa shape index (κ1) is 14.5. The van der Waals surface area contributed by atoms with E-state index in [0.29, 0.717) is 11.1 Å². The van der Waals surface area contributed by atoms with Gasteiger partial charge in [0.1, 0.15) is 5.82 Å². The molecule has 0 saturated carbocycles. The van der Waals surface area contributed by atoms with Crippen LogP contribution in [0, 0.1) is 5.82 Å². The molecule has 0 N–H and O–H groups in total. The summed E-state index contributed by atoms with van der Waals surface area (Å²) in [5.74, 6) is -0.428. The first-order valence-corrected chi connectivity index (χ1v) is 5.92. The zero-order valence-corrected chi connectivity index (χ0v) is 10.7. The molecular formula is C14H8ClF4N. The fourth-order valence-corrected chi connectivity index (χ4v) is 1.70. The summed E-state index contributed by atoms with van der Waals surface area (Å²) in [6.45, 7) is 0. The summed E-state index contributed by atoms with van der Waals surface area (Å²) >= 11 is 5.14. The minimum absolute atomic E-state index is 0.0708. The lowest BCUT2D eigenvalue weighted by atomic mass is 10.0. The zero-order chi connectivity index (χ0) is 14.8. The van der Waals surface area contributed by atoms with Crippen molar-refractivity contribution in [3.05, 3.63) is 54.3 Å². The summed E-state index contributed by atoms with van der Waals surface area (Å²) < 4.78 is 50.1. The summed E-state index contributed by atoms with van der Waals surface area (Å²) in [4.78, 5) is 3.39. The van der Waals surface area contributed by atoms with Crippen LogP contribution in [-0.4, -0.2) is 11.3 Å². The third kappa shape index (κ3) is 3.36. The fourth-order valence-electron chi connectivity index (χ4n) is 1.61. The van der Waals surface area contributed by atoms with Gasteiger partial charge >= 0.3 is 6.18 Å². The maximum Gasteiger partial charge on any atom is 0.444 e. The number of para-hydroxylation sites is 1. The zero-order valence-electron chi connectivity index (χ0n) is 9.96. The van der Waals surface area contributed by atoms with Gasteiger partial charge < -0.3 is 0 Å². The van der Waals surface area contributed by atoms with Crippen LogP contribution in [0.3, 0.4) is 0 Å². The molecular weight excluding hydrogens is 294 g/mol. The molecule has 104 valence electrons. The lowest BCUT2D eigenvalue weighted by Crippen LogP contribution is -2.16. The lowest BCUT2D eigenvalue weighted by molar-refractivity contribution is -0.0558. The summed E-state index contributed by atoms with van der Waals surface area (Å²) in [6, 6.07) is 11.6. The number of alkyl halides is 3. The van der Waals surface area contributed by atoms with Crippen LogP contribution in [0.1, 0.15) is 0 Å². The highest BCUT2D eigenvalue weighted by Gasteiger charge is 2.34. The van der Waals surface area contributed by atoms with E-state index in [1.807, 2.05) is 0 Å². The van der Waals surface area contributed by atoms with Crippen molar-refractivity contribution in [1.82, 2.24) is 0 Å². The van der Waals surface area contributed by atoms with Gasteiger partial charge in [0.05, 0.1) is 5.69 Å². The largest absolute Gasteiger partial charge is 0.444 e. The van der Waals surface area contributed by atoms with E-state index < -0.39 is 17.2 Å². The van der Waals surface area contributed by atoms with Gasteiger partial charge in [-0.3, -0.25) is 0 Å². The molecule has 0 atom stereocenters. The van der Waals surface area contributed by atoms with Crippen molar-refractivity contribution in [2.45, 2.75) is 6.18 Å². The molecule has 0 unspecified atom stereocenters. The number of benzene rings is 2. The molecule has 20 heavy (non-hydrogen) atoms. The van der Waals surface area contributed by atoms with E-state index in [4.69, 9.17) is 11.6 Å². The molecule has 2 aromatic rings. The van der Waals surface area contributed by atoms with Gasteiger partial charge in [-0.1, -0.05) is 41.9 Å². The second kappa shape index (κ2) is 5.63. The Kier molecular flexibility index (Phi) is 4.09. The molecule has 2 aromatic carbocycles. The maximum absolute atomic E-state index is 12.9. The van der Waals surface area contributed by atoms with Crippen LogP contribution in [0.15, 0.2) is 53.5 Å². The van der Waals surface area contributed by atoms with Crippen LogP contribution in [0.5, 0.6) is 0 Å². The molecule has 0 heterocycles. The number of hydrogen-bond donors (Lipinski definition) is 0. The fraction of sp³-hybridized carbons (Fsp3) is 0.0714. The van der Waals surface area contributed by atoms with Gasteiger partial charge in [-0.05, 0) is 23.8 Å². The minimum atomic E-state index is -4.70. The first-order valence-electron chi connectivity index (χ1n) is 5.54. The van der Waals surface area contributed by atoms with E-state index in [-0.39, 0.29) is 5.69 Å². The van der Waals surface area contributed by atoms with Gasteiger partial charge in [0.2, 0.25) is 5.17 Å². The number of hydrogen-bond acceptors (Lipinski definition) is 1. The molecule has 0 aromatic heterocycles. The monoisotopic (exact) mass is 301 g/mol. The van der Waals surface area contributed by atoms with Gasteiger partial charge in [0.15, 0.2) is 0 Å². The first-order chi connectivity index (χ1) is 9.38. The van der Waals surface area contributed by atoms with E-state index in [0.717, 1.165) is 0 Å². The maximum atomic E-state index is 12.9. The number of aliphatic imine (C=N–C) groups is 1. The van der Waals surface area contributed by atoms with Gasteiger partial charge in [-0.25, -0.2) is 9.38 Å². The SMILES string of the molecule is Fc1ccc(-c2ccccc2N=C(Cl)C(F)(F)F)cc1. The molecule has 0 radical (unpaired) electrons. The van der Waals surface area contributed by atoms with E-state index in [1.54, 1.807) is 18.2 Å². The third-order valence-electron chi connectivity index (χ3n) is 2.51. The van der Waals surface area contributed by atoms with Gasteiger partial charge in [0, 0.05) is 5.56 Å². The Morgan fingerprint density at radius 2 is 1.55 bits per heavy atom. The predicted molar refractivity (Wildman–Crippen MR) is 70.8 cm³/mol. The van der Waals surface area contributed by atoms with Crippen LogP contribution in [0.2, 0.25) is 0 Å². The molecule has 0 saturated heterocycles. The average molecular weight is 302 g/mol. The van der Waals surface area contributed by atoms with Crippen molar-refractivity contribution >= 4 is 22.5 Å². The summed E-state index contributed by atoms with van der Waals surface area (Å²) in [7, 11) is 0. The number of halogens is 5. The van der Waals surface area contributed by atoms with Crippen molar-refractivity contribution in [2.24, 2.45) is 4.99 Å². The van der Waals surface area contributed by atoms with Crippen LogP contribution >= 0.6 is 11.6 Å². The lowest BCUT2D eigenvalue weighted by Gasteiger charge is -2.08. The van der Waals surface area contributed by atoms with Crippen molar-refractivity contribution in [3.8, 4) is 11.1 Å². The molecule has 0 fully saturated rings. The Hall–Kier alpha value is -1.88. The Bertz CT molecular complexity index is 632. The smallest absolute Gasteiger partial charge is 0.232 e. The van der Waals surface area contributed by atoms with E-state index in [1.165, 1.54) is 30.3 Å². The molecule has 2 rings (SSSR count). The standard InChI is InChI=1S/C14H8ClF4N/c15-13(14(17,18)19)20-12-4-2-1-3-11(12)9-5-7-10(16)8-6-9/h1-8H. The molecule has 0 aliphatic rings. The average Bonchev–Trinajstić information content (AvgIpc) is 2.39. The molecule has 0 amide bonds. The Morgan fingerprint density at radius 3 is 2.15 bits per heavy atom. The van der Waals surface area contributed by atoms with Crippen molar-refractivity contribution < 1.29 is 17.6 Å². The molecule has 0 aliphatic carbocycles. The van der Waals surface area contributed by atoms with E-state index in [9.17, 15) is 17.6 Å². The number of nitrogens with zero attached hydrogens (tertiary/aromatic N) is 1. The van der Waals surface area contributed by atoms with Gasteiger partial charge in [-0.2, -0.15) is 13.2 Å². The van der Waals surface area contributed by atoms with E-state index >= 15 is 0 Å². The van der Waals surface area contributed by atoms with Crippen LogP contribution in [0.4, 0.5) is 23.2 Å². The molecule has 0 bridgehead atoms. The van der Waals surface area contributed by atoms with E-state index in [2.05, 4.69) is 4.99 Å². The van der Waals surface area contributed by atoms with Crippen LogP contribution in [-0.2, 0) is 0 Å². The van der Waals surface area contributed by atoms with Gasteiger partial charge in [0.25, 0.3) is 0 Å². The van der Waals surface area contributed by atoms with Crippen molar-refractivity contribution in [1.29, 1.82) is 0 Å². The van der Waals surface area contributed by atoms with Crippen LogP contribution in [0.25, 0.3) is 11.1 Å². The number of rotatable bonds is 2. The Morgan fingerprint density at radius 1 is 0.950 bits per heavy atom. The molecule has 0 spiro atoms. The topological polar surface area (TPSA) is 12.4 Å². The normalized spacial score (nSPS) is 12.6. The quantitative estimate of drug-likeness (QED) is 0.525. The minimum Gasteiger partial charge on any atom is -0.232 e. The highest BCUT2D eigenvalue weighted by Crippen LogP contribution is 2.32.